The van der Waals surface area contributed by atoms with Crippen LogP contribution in [0, 0.1) is 17.9 Å². The van der Waals surface area contributed by atoms with Crippen LogP contribution in [0.3, 0.4) is 0 Å². The zero-order valence-electron chi connectivity index (χ0n) is 26.8. The fourth-order valence-corrected chi connectivity index (χ4v) is 9.95. The number of hydrogen-bond donors (Lipinski definition) is 1. The molecule has 232 valence electrons. The van der Waals surface area contributed by atoms with Gasteiger partial charge in [0.05, 0.1) is 29.1 Å². The van der Waals surface area contributed by atoms with E-state index in [9.17, 15) is 5.26 Å². The van der Waals surface area contributed by atoms with E-state index < -0.39 is 0 Å². The molecule has 6 aromatic carbocycles. The van der Waals surface area contributed by atoms with Crippen LogP contribution in [0.2, 0.25) is 0 Å². The predicted molar refractivity (Wildman–Crippen MR) is 194 cm³/mol. The van der Waals surface area contributed by atoms with Crippen molar-refractivity contribution in [2.24, 2.45) is 0 Å². The molecule has 6 heteroatoms. The molecule has 5 aliphatic rings. The summed E-state index contributed by atoms with van der Waals surface area (Å²) in [6, 6.07) is 25.5. The average molecular weight is 632 g/mol. The lowest BCUT2D eigenvalue weighted by Gasteiger charge is -2.41. The molecule has 1 aliphatic carbocycles. The molecule has 0 saturated heterocycles. The van der Waals surface area contributed by atoms with E-state index in [0.29, 0.717) is 22.4 Å². The number of anilines is 2. The van der Waals surface area contributed by atoms with E-state index in [2.05, 4.69) is 81.1 Å². The zero-order valence-corrected chi connectivity index (χ0v) is 26.8. The van der Waals surface area contributed by atoms with Gasteiger partial charge in [-0.05, 0) is 79.2 Å². The molecule has 0 bridgehead atoms. The van der Waals surface area contributed by atoms with Gasteiger partial charge in [-0.25, -0.2) is 14.7 Å². The van der Waals surface area contributed by atoms with Crippen LogP contribution in [0.25, 0.3) is 59.1 Å². The Labute approximate surface area is 282 Å². The van der Waals surface area contributed by atoms with Gasteiger partial charge in [0.1, 0.15) is 13.1 Å². The fraction of sp³-hybridized carbons (Fsp3) is 0.186. The van der Waals surface area contributed by atoms with E-state index in [0.717, 1.165) is 95.0 Å². The summed E-state index contributed by atoms with van der Waals surface area (Å²) in [6.07, 6.45) is 3.71. The number of nitrogens with two attached hydrogens (primary N) is 1. The normalized spacial score (nSPS) is 18.1. The van der Waals surface area contributed by atoms with E-state index in [1.807, 2.05) is 6.07 Å². The molecule has 0 atom stereocenters. The highest BCUT2D eigenvalue weighted by molar-refractivity contribution is 6.29. The minimum Gasteiger partial charge on any atom is -0.872 e. The summed E-state index contributed by atoms with van der Waals surface area (Å²) in [5.41, 5.74) is 15.9. The largest absolute Gasteiger partial charge is 0.872 e. The van der Waals surface area contributed by atoms with Crippen molar-refractivity contribution >= 4 is 65.6 Å². The van der Waals surface area contributed by atoms with Crippen molar-refractivity contribution in [3.8, 4) is 6.07 Å². The highest BCUT2D eigenvalue weighted by atomic mass is 16.3. The Hall–Kier alpha value is -6.11. The van der Waals surface area contributed by atoms with Gasteiger partial charge >= 0.3 is 0 Å². The summed E-state index contributed by atoms with van der Waals surface area (Å²) < 4.78 is 2.50. The first-order valence-corrected chi connectivity index (χ1v) is 17.2. The number of allylic oxidation sites excluding steroid dienone is 3. The first kappa shape index (κ1) is 26.9. The molecular formula is C43H29N5O. The maximum atomic E-state index is 15.2. The van der Waals surface area contributed by atoms with E-state index in [-0.39, 0.29) is 11.5 Å². The van der Waals surface area contributed by atoms with E-state index in [1.165, 1.54) is 44.1 Å². The minimum atomic E-state index is -0.125. The van der Waals surface area contributed by atoms with Crippen LogP contribution in [0.4, 0.5) is 11.4 Å². The first-order valence-electron chi connectivity index (χ1n) is 17.2. The summed E-state index contributed by atoms with van der Waals surface area (Å²) in [5, 5.41) is 36.4. The molecule has 0 spiro atoms. The van der Waals surface area contributed by atoms with Crippen LogP contribution >= 0.6 is 0 Å². The van der Waals surface area contributed by atoms with Gasteiger partial charge in [0.15, 0.2) is 0 Å². The zero-order chi connectivity index (χ0) is 32.7. The molecule has 4 heterocycles. The summed E-state index contributed by atoms with van der Waals surface area (Å²) in [4.78, 5) is 6.26. The SMILES string of the molecule is [C-]#[N+]/C(C#N)=C1/C(c2c3cccc4c3c3c5c(ccc(N)c25)CCN3CC4)=C([O-])C1=c1c2cccc3c2c2c4c(cccc14)CC[N+]=2CC3. The fourth-order valence-electron chi connectivity index (χ4n) is 9.95. The van der Waals surface area contributed by atoms with Gasteiger partial charge in [-0.1, -0.05) is 66.4 Å². The summed E-state index contributed by atoms with van der Waals surface area (Å²) in [7, 11) is 0. The van der Waals surface area contributed by atoms with Crippen LogP contribution in [0.1, 0.15) is 27.8 Å². The molecule has 6 nitrogen and oxygen atoms in total. The Balaban J connectivity index is 1.39. The second-order valence-corrected chi connectivity index (χ2v) is 14.0. The van der Waals surface area contributed by atoms with Gasteiger partial charge in [0.2, 0.25) is 5.36 Å². The Kier molecular flexibility index (Phi) is 5.09. The number of nitrogens with zero attached hydrogens (tertiary/aromatic N) is 4. The standard InChI is InChI=1S/C43H29N5O/c1-46-30(21-44)38-39(35-26-8-2-5-22-13-17-47-18-14-23-6-3-9-27(35)32(23)41(47)31(22)26)43(49)40(38)36-28-10-4-7-24-15-19-48-20-16-25-11-12-29(45)37(36)34(25)42(48)33(24)28/h2-12H,13-20,45H2/b38-30+. The summed E-state index contributed by atoms with van der Waals surface area (Å²) >= 11 is 0. The quantitative estimate of drug-likeness (QED) is 0.0907. The maximum Gasteiger partial charge on any atom is 0.270 e. The molecule has 0 saturated carbocycles. The molecule has 0 radical (unpaired) electrons. The van der Waals surface area contributed by atoms with Gasteiger partial charge in [-0.3, -0.25) is 0 Å². The monoisotopic (exact) mass is 631 g/mol. The van der Waals surface area contributed by atoms with Crippen molar-refractivity contribution in [2.75, 3.05) is 36.8 Å². The van der Waals surface area contributed by atoms with E-state index in [1.54, 1.807) is 0 Å². The smallest absolute Gasteiger partial charge is 0.270 e. The maximum absolute atomic E-state index is 15.2. The molecule has 49 heavy (non-hydrogen) atoms. The van der Waals surface area contributed by atoms with E-state index >= 15 is 5.11 Å². The van der Waals surface area contributed by atoms with Crippen molar-refractivity contribution in [3.63, 3.8) is 0 Å². The first-order chi connectivity index (χ1) is 24.1. The van der Waals surface area contributed by atoms with Crippen molar-refractivity contribution in [1.82, 2.24) is 4.58 Å². The van der Waals surface area contributed by atoms with Crippen LogP contribution < -0.4 is 30.9 Å². The van der Waals surface area contributed by atoms with Crippen LogP contribution in [-0.2, 0) is 25.7 Å². The van der Waals surface area contributed by atoms with E-state index in [4.69, 9.17) is 12.3 Å². The topological polar surface area (TPSA) is 83.5 Å². The van der Waals surface area contributed by atoms with Crippen molar-refractivity contribution < 1.29 is 5.11 Å². The minimum absolute atomic E-state index is 0.0554. The molecule has 6 aromatic rings. The number of rotatable bonds is 1. The lowest BCUT2D eigenvalue weighted by Crippen LogP contribution is -2.42. The molecule has 0 aromatic heterocycles. The van der Waals surface area contributed by atoms with Gasteiger partial charge < -0.3 is 15.7 Å². The molecule has 4 aliphatic heterocycles. The summed E-state index contributed by atoms with van der Waals surface area (Å²) in [5.74, 6) is -0.125. The number of benzene rings is 6. The summed E-state index contributed by atoms with van der Waals surface area (Å²) in [6.45, 7) is 12.1. The number of hydrogen-bond acceptors (Lipinski definition) is 4. The highest BCUT2D eigenvalue weighted by Crippen LogP contribution is 2.55. The Morgan fingerprint density at radius 3 is 2.00 bits per heavy atom. The van der Waals surface area contributed by atoms with Crippen LogP contribution in [0.5, 0.6) is 0 Å². The average Bonchev–Trinajstić information content (AvgIpc) is 3.14. The van der Waals surface area contributed by atoms with Crippen LogP contribution in [-0.4, -0.2) is 26.2 Å². The van der Waals surface area contributed by atoms with Gasteiger partial charge in [-0.2, -0.15) is 0 Å². The molecule has 11 rings (SSSR count). The number of nitriles is 1. The molecular weight excluding hydrogens is 603 g/mol. The second-order valence-electron chi connectivity index (χ2n) is 14.0. The highest BCUT2D eigenvalue weighted by Gasteiger charge is 2.37. The predicted octanol–water partition coefficient (Wildman–Crippen LogP) is 5.04. The lowest BCUT2D eigenvalue weighted by atomic mass is 9.72. The third-order valence-electron chi connectivity index (χ3n) is 11.9. The molecule has 0 fully saturated rings. The van der Waals surface area contributed by atoms with Crippen molar-refractivity contribution in [3.05, 3.63) is 134 Å². The lowest BCUT2D eigenvalue weighted by molar-refractivity contribution is -0.292. The van der Waals surface area contributed by atoms with Gasteiger partial charge in [0, 0.05) is 53.4 Å². The Bertz CT molecular complexity index is 2840. The number of nitrogen functional groups attached to an aromatic ring is 1. The van der Waals surface area contributed by atoms with Gasteiger partial charge in [-0.15, -0.1) is 0 Å². The molecule has 2 N–H and O–H groups in total. The van der Waals surface area contributed by atoms with Crippen molar-refractivity contribution in [1.29, 1.82) is 5.26 Å². The molecule has 0 unspecified atom stereocenters. The second kappa shape index (κ2) is 9.28. The molecule has 0 amide bonds. The van der Waals surface area contributed by atoms with Crippen molar-refractivity contribution in [2.45, 2.75) is 25.7 Å². The Morgan fingerprint density at radius 1 is 0.755 bits per heavy atom. The third kappa shape index (κ3) is 3.18. The van der Waals surface area contributed by atoms with Crippen LogP contribution in [0.15, 0.2) is 83.8 Å². The van der Waals surface area contributed by atoms with Gasteiger partial charge in [0.25, 0.3) is 5.70 Å². The Morgan fingerprint density at radius 2 is 1.37 bits per heavy atom. The third-order valence-corrected chi connectivity index (χ3v) is 11.9.